The molecule has 1 heterocycles. The van der Waals surface area contributed by atoms with Gasteiger partial charge in [-0.05, 0) is 36.4 Å². The van der Waals surface area contributed by atoms with Gasteiger partial charge in [0.1, 0.15) is 18.0 Å². The van der Waals surface area contributed by atoms with Crippen molar-refractivity contribution in [3.05, 3.63) is 47.5 Å². The molecular weight excluding hydrogens is 372 g/mol. The Labute approximate surface area is 171 Å². The maximum Gasteiger partial charge on any atom is 0.254 e. The number of hydrogen-bond acceptors (Lipinski definition) is 5. The number of carbonyl (C=O) groups is 1. The van der Waals surface area contributed by atoms with Crippen LogP contribution in [0.2, 0.25) is 0 Å². The summed E-state index contributed by atoms with van der Waals surface area (Å²) in [6.45, 7) is 3.99. The first-order valence-corrected chi connectivity index (χ1v) is 9.65. The van der Waals surface area contributed by atoms with Crippen LogP contribution < -0.4 is 23.8 Å². The molecule has 1 fully saturated rings. The lowest BCUT2D eigenvalue weighted by atomic mass is 10.1. The summed E-state index contributed by atoms with van der Waals surface area (Å²) < 4.78 is 21.4. The van der Waals surface area contributed by atoms with E-state index in [1.165, 1.54) is 4.90 Å². The smallest absolute Gasteiger partial charge is 0.254 e. The van der Waals surface area contributed by atoms with Crippen LogP contribution in [0.25, 0.3) is 0 Å². The first-order valence-electron chi connectivity index (χ1n) is 9.65. The van der Waals surface area contributed by atoms with Gasteiger partial charge in [0.2, 0.25) is 0 Å². The van der Waals surface area contributed by atoms with Crippen LogP contribution in [0, 0.1) is 0 Å². The van der Waals surface area contributed by atoms with Crippen LogP contribution in [0.15, 0.2) is 36.4 Å². The standard InChI is InChI=1S/C22H28N2O5/c1-26-18-6-8-19(27-2)17(13-18)15-23-9-11-24(12-10-23)22(25)16-5-7-20(28-3)21(14-16)29-4/h5-8,13-14H,9-12,15H2,1-4H3/p+1. The summed E-state index contributed by atoms with van der Waals surface area (Å²) in [6, 6.07) is 11.1. The fraction of sp³-hybridized carbons (Fsp3) is 0.409. The topological polar surface area (TPSA) is 61.7 Å². The lowest BCUT2D eigenvalue weighted by Crippen LogP contribution is -3.13. The van der Waals surface area contributed by atoms with Gasteiger partial charge in [-0.25, -0.2) is 0 Å². The molecule has 1 N–H and O–H groups in total. The molecule has 0 aromatic heterocycles. The minimum absolute atomic E-state index is 0.0176. The normalized spacial score (nSPS) is 14.4. The number of amides is 1. The van der Waals surface area contributed by atoms with E-state index in [1.807, 2.05) is 23.1 Å². The van der Waals surface area contributed by atoms with Gasteiger partial charge in [0.15, 0.2) is 11.5 Å². The highest BCUT2D eigenvalue weighted by Gasteiger charge is 2.26. The Bertz CT molecular complexity index is 847. The van der Waals surface area contributed by atoms with E-state index in [0.29, 0.717) is 30.2 Å². The zero-order valence-electron chi connectivity index (χ0n) is 17.5. The number of benzene rings is 2. The van der Waals surface area contributed by atoms with Crippen molar-refractivity contribution in [2.24, 2.45) is 0 Å². The van der Waals surface area contributed by atoms with Gasteiger partial charge in [0.25, 0.3) is 5.91 Å². The van der Waals surface area contributed by atoms with E-state index in [9.17, 15) is 4.79 Å². The van der Waals surface area contributed by atoms with Crippen LogP contribution in [0.3, 0.4) is 0 Å². The van der Waals surface area contributed by atoms with Gasteiger partial charge in [-0.2, -0.15) is 0 Å². The molecule has 0 atom stereocenters. The molecule has 1 saturated heterocycles. The fourth-order valence-electron chi connectivity index (χ4n) is 3.64. The van der Waals surface area contributed by atoms with Crippen molar-refractivity contribution in [1.29, 1.82) is 0 Å². The van der Waals surface area contributed by atoms with Gasteiger partial charge >= 0.3 is 0 Å². The Balaban J connectivity index is 1.63. The van der Waals surface area contributed by atoms with E-state index in [-0.39, 0.29) is 5.91 Å². The Morgan fingerprint density at radius 3 is 2.14 bits per heavy atom. The molecular formula is C22H29N2O5+. The summed E-state index contributed by atoms with van der Waals surface area (Å²) >= 11 is 0. The summed E-state index contributed by atoms with van der Waals surface area (Å²) in [7, 11) is 6.50. The fourth-order valence-corrected chi connectivity index (χ4v) is 3.64. The van der Waals surface area contributed by atoms with Crippen molar-refractivity contribution in [2.75, 3.05) is 54.6 Å². The van der Waals surface area contributed by atoms with Gasteiger partial charge < -0.3 is 28.7 Å². The van der Waals surface area contributed by atoms with Crippen LogP contribution in [0.4, 0.5) is 0 Å². The van der Waals surface area contributed by atoms with Gasteiger partial charge in [-0.3, -0.25) is 4.79 Å². The number of nitrogens with zero attached hydrogens (tertiary/aromatic N) is 1. The molecule has 1 aliphatic rings. The Morgan fingerprint density at radius 1 is 0.862 bits per heavy atom. The second kappa shape index (κ2) is 9.52. The Kier molecular flexibility index (Phi) is 6.82. The summed E-state index contributed by atoms with van der Waals surface area (Å²) in [5.41, 5.74) is 1.72. The number of quaternary nitrogens is 1. The maximum atomic E-state index is 12.9. The first-order chi connectivity index (χ1) is 14.1. The molecule has 0 aliphatic carbocycles. The van der Waals surface area contributed by atoms with E-state index in [2.05, 4.69) is 0 Å². The second-order valence-electron chi connectivity index (χ2n) is 6.97. The molecule has 0 saturated carbocycles. The molecule has 0 radical (unpaired) electrons. The average molecular weight is 401 g/mol. The third kappa shape index (κ3) is 4.74. The third-order valence-corrected chi connectivity index (χ3v) is 5.32. The summed E-state index contributed by atoms with van der Waals surface area (Å²) in [5.74, 6) is 2.88. The number of methoxy groups -OCH3 is 4. The first kappa shape index (κ1) is 20.8. The highest BCUT2D eigenvalue weighted by atomic mass is 16.5. The number of nitrogens with one attached hydrogen (secondary N) is 1. The molecule has 1 amide bonds. The molecule has 0 spiro atoms. The van der Waals surface area contributed by atoms with Crippen molar-refractivity contribution in [2.45, 2.75) is 6.54 Å². The van der Waals surface area contributed by atoms with E-state index in [4.69, 9.17) is 18.9 Å². The molecule has 7 heteroatoms. The number of carbonyl (C=O) groups excluding carboxylic acids is 1. The maximum absolute atomic E-state index is 12.9. The number of rotatable bonds is 7. The van der Waals surface area contributed by atoms with Crippen molar-refractivity contribution in [1.82, 2.24) is 4.90 Å². The van der Waals surface area contributed by atoms with Crippen LogP contribution in [0.1, 0.15) is 15.9 Å². The van der Waals surface area contributed by atoms with Crippen LogP contribution in [0.5, 0.6) is 23.0 Å². The number of piperazine rings is 1. The molecule has 29 heavy (non-hydrogen) atoms. The van der Waals surface area contributed by atoms with Crippen LogP contribution in [-0.4, -0.2) is 65.4 Å². The second-order valence-corrected chi connectivity index (χ2v) is 6.97. The highest BCUT2D eigenvalue weighted by molar-refractivity contribution is 5.95. The summed E-state index contributed by atoms with van der Waals surface area (Å²) in [6.07, 6.45) is 0. The van der Waals surface area contributed by atoms with Gasteiger partial charge in [-0.15, -0.1) is 0 Å². The molecule has 7 nitrogen and oxygen atoms in total. The molecule has 2 aromatic carbocycles. The molecule has 0 unspecified atom stereocenters. The Morgan fingerprint density at radius 2 is 1.52 bits per heavy atom. The quantitative estimate of drug-likeness (QED) is 0.757. The lowest BCUT2D eigenvalue weighted by molar-refractivity contribution is -0.917. The van der Waals surface area contributed by atoms with Gasteiger partial charge in [0.05, 0.1) is 60.2 Å². The predicted octanol–water partition coefficient (Wildman–Crippen LogP) is 1.26. The largest absolute Gasteiger partial charge is 0.497 e. The van der Waals surface area contributed by atoms with Crippen molar-refractivity contribution in [3.63, 3.8) is 0 Å². The molecule has 156 valence electrons. The van der Waals surface area contributed by atoms with Crippen molar-refractivity contribution < 1.29 is 28.6 Å². The van der Waals surface area contributed by atoms with E-state index in [0.717, 1.165) is 36.7 Å². The minimum atomic E-state index is 0.0176. The lowest BCUT2D eigenvalue weighted by Gasteiger charge is -2.32. The third-order valence-electron chi connectivity index (χ3n) is 5.32. The number of ether oxygens (including phenoxy) is 4. The average Bonchev–Trinajstić information content (AvgIpc) is 2.78. The van der Waals surface area contributed by atoms with E-state index < -0.39 is 0 Å². The van der Waals surface area contributed by atoms with Gasteiger partial charge in [-0.1, -0.05) is 0 Å². The predicted molar refractivity (Wildman–Crippen MR) is 109 cm³/mol. The zero-order valence-corrected chi connectivity index (χ0v) is 17.5. The van der Waals surface area contributed by atoms with Gasteiger partial charge in [0, 0.05) is 5.56 Å². The van der Waals surface area contributed by atoms with Crippen molar-refractivity contribution >= 4 is 5.91 Å². The minimum Gasteiger partial charge on any atom is -0.497 e. The Hall–Kier alpha value is -2.93. The molecule has 3 rings (SSSR count). The van der Waals surface area contributed by atoms with Crippen LogP contribution >= 0.6 is 0 Å². The molecule has 1 aliphatic heterocycles. The van der Waals surface area contributed by atoms with E-state index >= 15 is 0 Å². The van der Waals surface area contributed by atoms with Crippen molar-refractivity contribution in [3.8, 4) is 23.0 Å². The molecule has 2 aromatic rings. The summed E-state index contributed by atoms with van der Waals surface area (Å²) in [5, 5.41) is 0. The monoisotopic (exact) mass is 401 g/mol. The molecule has 0 bridgehead atoms. The number of hydrogen-bond donors (Lipinski definition) is 1. The van der Waals surface area contributed by atoms with Crippen LogP contribution in [-0.2, 0) is 6.54 Å². The SMILES string of the molecule is COc1ccc(OC)c(C[NH+]2CCN(C(=O)c3ccc(OC)c(OC)c3)CC2)c1. The van der Waals surface area contributed by atoms with E-state index in [1.54, 1.807) is 46.6 Å². The highest BCUT2D eigenvalue weighted by Crippen LogP contribution is 2.28. The zero-order chi connectivity index (χ0) is 20.8. The summed E-state index contributed by atoms with van der Waals surface area (Å²) in [4.78, 5) is 16.2.